The molecule has 0 saturated heterocycles. The molecule has 0 bridgehead atoms. The van der Waals surface area contributed by atoms with Gasteiger partial charge in [-0.1, -0.05) is 0 Å². The highest BCUT2D eigenvalue weighted by Gasteiger charge is 2.32. The predicted molar refractivity (Wildman–Crippen MR) is 93.4 cm³/mol. The Morgan fingerprint density at radius 1 is 0.967 bits per heavy atom. The summed E-state index contributed by atoms with van der Waals surface area (Å²) in [5.41, 5.74) is -2.28. The Hall–Kier alpha value is -3.37. The molecule has 0 amide bonds. The Morgan fingerprint density at radius 3 is 2.20 bits per heavy atom. The summed E-state index contributed by atoms with van der Waals surface area (Å²) in [4.78, 5) is 15.6. The highest BCUT2D eigenvalue weighted by molar-refractivity contribution is 5.38. The number of pyridine rings is 1. The van der Waals surface area contributed by atoms with Gasteiger partial charge in [0.1, 0.15) is 17.1 Å². The molecule has 2 aromatic heterocycles. The van der Waals surface area contributed by atoms with Gasteiger partial charge in [0.15, 0.2) is 0 Å². The first-order valence-corrected chi connectivity index (χ1v) is 8.36. The molecule has 3 rings (SSSR count). The Balaban J connectivity index is 2.01. The van der Waals surface area contributed by atoms with Crippen LogP contribution in [0.5, 0.6) is 5.75 Å². The minimum absolute atomic E-state index is 0.0357. The monoisotopic (exact) mass is 429 g/mol. The van der Waals surface area contributed by atoms with Gasteiger partial charge in [-0.15, -0.1) is 0 Å². The number of methoxy groups -OCH3 is 1. The summed E-state index contributed by atoms with van der Waals surface area (Å²) in [6.07, 6.45) is -8.31. The molecule has 0 N–H and O–H groups in total. The van der Waals surface area contributed by atoms with Crippen LogP contribution in [0.3, 0.4) is 0 Å². The zero-order chi connectivity index (χ0) is 22.1. The summed E-state index contributed by atoms with van der Waals surface area (Å²) < 4.78 is 82.8. The number of rotatable bonds is 4. The lowest BCUT2D eigenvalue weighted by Gasteiger charge is -2.13. The van der Waals surface area contributed by atoms with Crippen molar-refractivity contribution >= 4 is 0 Å². The molecule has 0 spiro atoms. The van der Waals surface area contributed by atoms with Gasteiger partial charge in [-0.3, -0.25) is 9.78 Å². The lowest BCUT2D eigenvalue weighted by atomic mass is 10.1. The first-order valence-electron chi connectivity index (χ1n) is 8.36. The van der Waals surface area contributed by atoms with E-state index >= 15 is 0 Å². The lowest BCUT2D eigenvalue weighted by molar-refractivity contribution is -0.141. The van der Waals surface area contributed by atoms with E-state index in [4.69, 9.17) is 4.74 Å². The molecule has 5 nitrogen and oxygen atoms in total. The van der Waals surface area contributed by atoms with E-state index in [1.807, 2.05) is 0 Å². The van der Waals surface area contributed by atoms with Gasteiger partial charge in [0, 0.05) is 18.7 Å². The molecule has 3 aromatic rings. The number of ether oxygens (including phenoxy) is 1. The van der Waals surface area contributed by atoms with Gasteiger partial charge >= 0.3 is 12.4 Å². The summed E-state index contributed by atoms with van der Waals surface area (Å²) in [5.74, 6) is 0.0357. The molecule has 0 saturated carbocycles. The fourth-order valence-electron chi connectivity index (χ4n) is 2.68. The lowest BCUT2D eigenvalue weighted by Crippen LogP contribution is -2.22. The molecule has 0 aliphatic rings. The van der Waals surface area contributed by atoms with Gasteiger partial charge in [0.25, 0.3) is 5.56 Å². The molecule has 0 radical (unpaired) electrons. The summed E-state index contributed by atoms with van der Waals surface area (Å²) in [7, 11) is 1.26. The minimum atomic E-state index is -4.63. The van der Waals surface area contributed by atoms with Gasteiger partial charge in [-0.25, -0.2) is 0 Å². The quantitative estimate of drug-likeness (QED) is 0.582. The number of aromatic nitrogens is 3. The predicted octanol–water partition coefficient (Wildman–Crippen LogP) is 4.26. The third kappa shape index (κ3) is 4.61. The van der Waals surface area contributed by atoms with Gasteiger partial charge < -0.3 is 4.74 Å². The van der Waals surface area contributed by atoms with Crippen molar-refractivity contribution in [3.05, 3.63) is 81.5 Å². The minimum Gasteiger partial charge on any atom is -0.495 e. The van der Waals surface area contributed by atoms with Crippen LogP contribution < -0.4 is 10.3 Å². The van der Waals surface area contributed by atoms with Gasteiger partial charge in [0.05, 0.1) is 18.4 Å². The first-order chi connectivity index (χ1) is 14.0. The van der Waals surface area contributed by atoms with E-state index in [2.05, 4.69) is 10.1 Å². The Morgan fingerprint density at radius 2 is 1.63 bits per heavy atom. The number of hydrogen-bond donors (Lipinski definition) is 0. The fourth-order valence-corrected chi connectivity index (χ4v) is 2.68. The van der Waals surface area contributed by atoms with Crippen molar-refractivity contribution in [2.45, 2.75) is 18.8 Å². The molecule has 0 atom stereocenters. The van der Waals surface area contributed by atoms with Crippen LogP contribution in [0.1, 0.15) is 22.5 Å². The van der Waals surface area contributed by atoms with E-state index in [-0.39, 0.29) is 29.1 Å². The van der Waals surface area contributed by atoms with Crippen molar-refractivity contribution in [1.82, 2.24) is 14.8 Å². The molecule has 0 fully saturated rings. The van der Waals surface area contributed by atoms with Gasteiger partial charge in [-0.2, -0.15) is 36.1 Å². The van der Waals surface area contributed by atoms with Crippen LogP contribution >= 0.6 is 0 Å². The van der Waals surface area contributed by atoms with Crippen molar-refractivity contribution < 1.29 is 31.1 Å². The highest BCUT2D eigenvalue weighted by Crippen LogP contribution is 2.30. The van der Waals surface area contributed by atoms with E-state index in [1.54, 1.807) is 0 Å². The van der Waals surface area contributed by atoms with Gasteiger partial charge in [-0.05, 0) is 42.0 Å². The maximum Gasteiger partial charge on any atom is 0.433 e. The SMILES string of the molecule is COc1cc(=O)n(-c2ccc(C(F)(F)F)cc2)nc1Cc1ccnc(C(F)(F)F)c1. The van der Waals surface area contributed by atoms with Crippen LogP contribution in [0.15, 0.2) is 53.5 Å². The third-order valence-electron chi connectivity index (χ3n) is 4.11. The summed E-state index contributed by atoms with van der Waals surface area (Å²) >= 11 is 0. The van der Waals surface area contributed by atoms with E-state index < -0.39 is 29.2 Å². The van der Waals surface area contributed by atoms with Crippen LogP contribution in [-0.4, -0.2) is 21.9 Å². The van der Waals surface area contributed by atoms with Crippen molar-refractivity contribution in [2.24, 2.45) is 0 Å². The maximum atomic E-state index is 12.9. The molecule has 11 heteroatoms. The molecule has 158 valence electrons. The number of halogens is 6. The largest absolute Gasteiger partial charge is 0.495 e. The standard InChI is InChI=1S/C19H13F6N3O2/c1-30-15-10-17(29)28(13-4-2-12(3-5-13)18(20,21)22)27-14(15)8-11-6-7-26-16(9-11)19(23,24)25/h2-7,9-10H,8H2,1H3. The molecule has 30 heavy (non-hydrogen) atoms. The molecule has 0 unspecified atom stereocenters. The molecular weight excluding hydrogens is 416 g/mol. The first kappa shape index (κ1) is 21.3. The maximum absolute atomic E-state index is 12.9. The molecule has 0 aliphatic carbocycles. The van der Waals surface area contributed by atoms with E-state index in [0.29, 0.717) is 0 Å². The van der Waals surface area contributed by atoms with Crippen LogP contribution in [-0.2, 0) is 18.8 Å². The van der Waals surface area contributed by atoms with E-state index in [0.717, 1.165) is 47.3 Å². The molecule has 0 aliphatic heterocycles. The van der Waals surface area contributed by atoms with Crippen molar-refractivity contribution in [3.63, 3.8) is 0 Å². The summed E-state index contributed by atoms with van der Waals surface area (Å²) in [6, 6.07) is 6.99. The van der Waals surface area contributed by atoms with Gasteiger partial charge in [0.2, 0.25) is 0 Å². The normalized spacial score (nSPS) is 12.1. The smallest absolute Gasteiger partial charge is 0.433 e. The second-order valence-corrected chi connectivity index (χ2v) is 6.18. The second-order valence-electron chi connectivity index (χ2n) is 6.18. The fraction of sp³-hybridized carbons (Fsp3) is 0.211. The average molecular weight is 429 g/mol. The highest BCUT2D eigenvalue weighted by atomic mass is 19.4. The van der Waals surface area contributed by atoms with Crippen LogP contribution in [0.4, 0.5) is 26.3 Å². The zero-order valence-electron chi connectivity index (χ0n) is 15.3. The Bertz CT molecular complexity index is 1100. The van der Waals surface area contributed by atoms with Crippen LogP contribution in [0.25, 0.3) is 5.69 Å². The third-order valence-corrected chi connectivity index (χ3v) is 4.11. The number of benzene rings is 1. The Labute approximate surface area is 165 Å². The van der Waals surface area contributed by atoms with Crippen molar-refractivity contribution in [3.8, 4) is 11.4 Å². The van der Waals surface area contributed by atoms with Crippen LogP contribution in [0.2, 0.25) is 0 Å². The summed E-state index contributed by atoms with van der Waals surface area (Å²) in [5, 5.41) is 4.09. The zero-order valence-corrected chi connectivity index (χ0v) is 15.3. The topological polar surface area (TPSA) is 57.0 Å². The molecule has 2 heterocycles. The Kier molecular flexibility index (Phi) is 5.55. The van der Waals surface area contributed by atoms with E-state index in [9.17, 15) is 31.1 Å². The average Bonchev–Trinajstić information content (AvgIpc) is 2.68. The van der Waals surface area contributed by atoms with Crippen molar-refractivity contribution in [1.29, 1.82) is 0 Å². The summed E-state index contributed by atoms with van der Waals surface area (Å²) in [6.45, 7) is 0. The number of alkyl halides is 6. The van der Waals surface area contributed by atoms with Crippen molar-refractivity contribution in [2.75, 3.05) is 7.11 Å². The molecule has 1 aromatic carbocycles. The number of nitrogens with zero attached hydrogens (tertiary/aromatic N) is 3. The molecular formula is C19H13F6N3O2. The number of hydrogen-bond acceptors (Lipinski definition) is 4. The second kappa shape index (κ2) is 7.81. The van der Waals surface area contributed by atoms with Crippen LogP contribution in [0, 0.1) is 0 Å². The van der Waals surface area contributed by atoms with E-state index in [1.165, 1.54) is 13.2 Å².